The van der Waals surface area contributed by atoms with Crippen LogP contribution in [0.25, 0.3) is 0 Å². The molecule has 0 aromatic rings. The predicted molar refractivity (Wildman–Crippen MR) is 63.0 cm³/mol. The molecule has 0 amide bonds. The lowest BCUT2D eigenvalue weighted by Gasteiger charge is -2.49. The summed E-state index contributed by atoms with van der Waals surface area (Å²) in [6.07, 6.45) is 3.52. The van der Waals surface area contributed by atoms with Crippen molar-refractivity contribution in [2.75, 3.05) is 20.3 Å². The minimum absolute atomic E-state index is 0.202. The number of likely N-dealkylation sites (N-methyl/N-ethyl adjacent to an activating group) is 1. The van der Waals surface area contributed by atoms with Crippen LogP contribution in [-0.4, -0.2) is 38.5 Å². The molecule has 1 fully saturated rings. The molecule has 0 aromatic carbocycles. The monoisotopic (exact) mass is 205 g/mol. The molecule has 3 heteroatoms. The van der Waals surface area contributed by atoms with Crippen LogP contribution in [0, 0.1) is 0 Å². The molecular weight excluding hydrogens is 185 g/mol. The Morgan fingerprint density at radius 2 is 2.13 bits per heavy atom. The Morgan fingerprint density at radius 3 is 2.67 bits per heavy atom. The number of rotatable bonds is 2. The summed E-state index contributed by atoms with van der Waals surface area (Å²) in [5, 5.41) is 0. The Kier molecular flexibility index (Phi) is 2.84. The predicted octanol–water partition coefficient (Wildman–Crippen LogP) is 2.12. The van der Waals surface area contributed by atoms with E-state index in [1.54, 1.807) is 0 Å². The molecule has 0 saturated carbocycles. The number of ether oxygens (including phenoxy) is 1. The number of nitrogens with zero attached hydrogens (tertiary/aromatic N) is 1. The molecule has 1 saturated heterocycles. The highest BCUT2D eigenvalue weighted by Crippen LogP contribution is 2.37. The largest absolute Gasteiger partial charge is 0.376 e. The highest BCUT2D eigenvalue weighted by molar-refractivity contribution is 6.13. The summed E-state index contributed by atoms with van der Waals surface area (Å²) in [6.45, 7) is 6.13. The second-order valence-electron chi connectivity index (χ2n) is 5.18. The number of hydrogen-bond acceptors (Lipinski definition) is 2. The molecule has 1 aliphatic heterocycles. The molecule has 2 nitrogen and oxygen atoms in total. The van der Waals surface area contributed by atoms with E-state index in [1.165, 1.54) is 24.1 Å². The van der Waals surface area contributed by atoms with Gasteiger partial charge < -0.3 is 9.64 Å². The van der Waals surface area contributed by atoms with Gasteiger partial charge in [0.15, 0.2) is 0 Å². The molecule has 0 spiro atoms. The van der Waals surface area contributed by atoms with Crippen LogP contribution in [0.4, 0.5) is 0 Å². The van der Waals surface area contributed by atoms with Gasteiger partial charge in [-0.3, -0.25) is 0 Å². The average molecular weight is 205 g/mol. The van der Waals surface area contributed by atoms with Crippen molar-refractivity contribution in [1.29, 1.82) is 0 Å². The molecule has 1 aliphatic carbocycles. The second-order valence-corrected chi connectivity index (χ2v) is 5.18. The van der Waals surface area contributed by atoms with Crippen LogP contribution in [0.3, 0.4) is 0 Å². The fourth-order valence-corrected chi connectivity index (χ4v) is 2.47. The van der Waals surface area contributed by atoms with Gasteiger partial charge in [-0.15, -0.1) is 0 Å². The van der Waals surface area contributed by atoms with E-state index in [0.717, 1.165) is 19.6 Å². The summed E-state index contributed by atoms with van der Waals surface area (Å²) in [7, 11) is 8.27. The first-order valence-corrected chi connectivity index (χ1v) is 5.81. The van der Waals surface area contributed by atoms with Crippen molar-refractivity contribution in [3.05, 3.63) is 11.3 Å². The van der Waals surface area contributed by atoms with Crippen LogP contribution in [0.2, 0.25) is 5.82 Å². The van der Waals surface area contributed by atoms with Crippen molar-refractivity contribution >= 4 is 7.85 Å². The summed E-state index contributed by atoms with van der Waals surface area (Å²) in [4.78, 5) is 2.39. The van der Waals surface area contributed by atoms with Crippen molar-refractivity contribution in [2.45, 2.75) is 44.5 Å². The van der Waals surface area contributed by atoms with Gasteiger partial charge >= 0.3 is 0 Å². The molecule has 82 valence electrons. The summed E-state index contributed by atoms with van der Waals surface area (Å²) in [5.74, 6) is 0.265. The average Bonchev–Trinajstić information content (AvgIpc) is 2.18. The Morgan fingerprint density at radius 1 is 1.47 bits per heavy atom. The van der Waals surface area contributed by atoms with Gasteiger partial charge in [-0.2, -0.15) is 0 Å². The van der Waals surface area contributed by atoms with E-state index < -0.39 is 0 Å². The smallest absolute Gasteiger partial charge is 0.0833 e. The Labute approximate surface area is 94.1 Å². The maximum absolute atomic E-state index is 6.09. The van der Waals surface area contributed by atoms with Gasteiger partial charge in [-0.1, -0.05) is 17.8 Å². The first kappa shape index (κ1) is 11.1. The van der Waals surface area contributed by atoms with Crippen molar-refractivity contribution in [3.63, 3.8) is 0 Å². The Hall–Kier alpha value is -0.435. The maximum atomic E-state index is 6.09. The minimum Gasteiger partial charge on any atom is -0.376 e. The second kappa shape index (κ2) is 3.86. The van der Waals surface area contributed by atoms with Gasteiger partial charge in [-0.25, -0.2) is 0 Å². The molecular formula is C12H20BNO. The number of hydrogen-bond donors (Lipinski definition) is 0. The van der Waals surface area contributed by atoms with Gasteiger partial charge in [0, 0.05) is 12.7 Å². The third-order valence-electron chi connectivity index (χ3n) is 3.98. The van der Waals surface area contributed by atoms with Crippen LogP contribution < -0.4 is 0 Å². The summed E-state index contributed by atoms with van der Waals surface area (Å²) in [5.41, 5.74) is 3.02. The van der Waals surface area contributed by atoms with Crippen molar-refractivity contribution in [2.24, 2.45) is 0 Å². The molecule has 0 aromatic heterocycles. The molecule has 1 atom stereocenters. The first-order valence-electron chi connectivity index (χ1n) is 5.81. The van der Waals surface area contributed by atoms with E-state index in [9.17, 15) is 0 Å². The summed E-state index contributed by atoms with van der Waals surface area (Å²) < 4.78 is 5.32. The number of allylic oxidation sites excluding steroid dienone is 2. The first-order chi connectivity index (χ1) is 7.04. The molecule has 0 bridgehead atoms. The lowest BCUT2D eigenvalue weighted by molar-refractivity contribution is -0.112. The SMILES string of the molecule is [B]C1CCCC(N(C)C2(C)COC2)=C1C. The fourth-order valence-electron chi connectivity index (χ4n) is 2.47. The van der Waals surface area contributed by atoms with Crippen molar-refractivity contribution in [1.82, 2.24) is 4.90 Å². The summed E-state index contributed by atoms with van der Waals surface area (Å²) in [6, 6.07) is 0. The third-order valence-corrected chi connectivity index (χ3v) is 3.98. The lowest BCUT2D eigenvalue weighted by Crippen LogP contribution is -2.58. The lowest BCUT2D eigenvalue weighted by atomic mass is 9.73. The van der Waals surface area contributed by atoms with Crippen LogP contribution >= 0.6 is 0 Å². The zero-order chi connectivity index (χ0) is 11.1. The molecule has 1 heterocycles. The van der Waals surface area contributed by atoms with E-state index in [2.05, 4.69) is 25.8 Å². The zero-order valence-corrected chi connectivity index (χ0v) is 10.0. The van der Waals surface area contributed by atoms with Gasteiger partial charge in [-0.05, 0) is 26.7 Å². The molecule has 15 heavy (non-hydrogen) atoms. The topological polar surface area (TPSA) is 12.5 Å². The molecule has 0 N–H and O–H groups in total. The highest BCUT2D eigenvalue weighted by atomic mass is 16.5. The van der Waals surface area contributed by atoms with Gasteiger partial charge in [0.1, 0.15) is 0 Å². The van der Waals surface area contributed by atoms with Crippen molar-refractivity contribution in [3.8, 4) is 0 Å². The summed E-state index contributed by atoms with van der Waals surface area (Å²) >= 11 is 0. The van der Waals surface area contributed by atoms with Gasteiger partial charge in [0.2, 0.25) is 0 Å². The Balaban J connectivity index is 2.18. The van der Waals surface area contributed by atoms with Gasteiger partial charge in [0.05, 0.1) is 26.6 Å². The fraction of sp³-hybridized carbons (Fsp3) is 0.833. The van der Waals surface area contributed by atoms with Crippen LogP contribution in [-0.2, 0) is 4.74 Å². The molecule has 2 aliphatic rings. The van der Waals surface area contributed by atoms with Crippen LogP contribution in [0.1, 0.15) is 33.1 Å². The van der Waals surface area contributed by atoms with Crippen LogP contribution in [0.15, 0.2) is 11.3 Å². The van der Waals surface area contributed by atoms with E-state index in [0.29, 0.717) is 0 Å². The van der Waals surface area contributed by atoms with Gasteiger partial charge in [0.25, 0.3) is 0 Å². The minimum atomic E-state index is 0.202. The quantitative estimate of drug-likeness (QED) is 0.640. The maximum Gasteiger partial charge on any atom is 0.0833 e. The van der Waals surface area contributed by atoms with E-state index in [-0.39, 0.29) is 11.4 Å². The van der Waals surface area contributed by atoms with E-state index in [4.69, 9.17) is 12.6 Å². The van der Waals surface area contributed by atoms with Crippen molar-refractivity contribution < 1.29 is 4.74 Å². The van der Waals surface area contributed by atoms with E-state index >= 15 is 0 Å². The highest BCUT2D eigenvalue weighted by Gasteiger charge is 2.39. The van der Waals surface area contributed by atoms with E-state index in [1.807, 2.05) is 0 Å². The van der Waals surface area contributed by atoms with Crippen LogP contribution in [0.5, 0.6) is 0 Å². The normalized spacial score (nSPS) is 29.9. The Bertz CT molecular complexity index is 283. The standard InChI is InChI=1S/C12H20BNO/c1-9-10(13)5-4-6-11(9)14(3)12(2)7-15-8-12/h10H,4-8H2,1-3H3. The zero-order valence-electron chi connectivity index (χ0n) is 10.0. The third kappa shape index (κ3) is 1.82. The molecule has 2 radical (unpaired) electrons. The molecule has 2 rings (SSSR count). The molecule has 1 unspecified atom stereocenters.